The maximum Gasteiger partial charge on any atom is 0.231 e. The third-order valence-corrected chi connectivity index (χ3v) is 3.93. The zero-order valence-electron chi connectivity index (χ0n) is 13.0. The molecule has 1 aliphatic heterocycles. The van der Waals surface area contributed by atoms with Gasteiger partial charge in [0, 0.05) is 11.7 Å². The lowest BCUT2D eigenvalue weighted by molar-refractivity contribution is 0.174. The third-order valence-electron chi connectivity index (χ3n) is 3.93. The molecule has 0 aromatic heterocycles. The summed E-state index contributed by atoms with van der Waals surface area (Å²) in [6.07, 6.45) is 0. The van der Waals surface area contributed by atoms with E-state index in [2.05, 4.69) is 57.3 Å². The molecule has 0 fully saturated rings. The molecule has 0 amide bonds. The number of ether oxygens (including phenoxy) is 2. The molecular weight excluding hydrogens is 262 g/mol. The molecule has 1 heterocycles. The fraction of sp³-hybridized carbons (Fsp3) is 0.333. The zero-order chi connectivity index (χ0) is 15.0. The summed E-state index contributed by atoms with van der Waals surface area (Å²) >= 11 is 0. The van der Waals surface area contributed by atoms with Crippen molar-refractivity contribution in [3.63, 3.8) is 0 Å². The Morgan fingerprint density at radius 3 is 2.33 bits per heavy atom. The molecule has 0 aliphatic carbocycles. The summed E-state index contributed by atoms with van der Waals surface area (Å²) in [5.41, 5.74) is 6.26. The second-order valence-corrected chi connectivity index (χ2v) is 5.75. The van der Waals surface area contributed by atoms with E-state index in [-0.39, 0.29) is 6.04 Å². The third kappa shape index (κ3) is 2.68. The first-order chi connectivity index (χ1) is 10.0. The summed E-state index contributed by atoms with van der Waals surface area (Å²) in [6, 6.07) is 10.7. The van der Waals surface area contributed by atoms with E-state index in [0.717, 1.165) is 11.5 Å². The Balaban J connectivity index is 1.85. The van der Waals surface area contributed by atoms with Crippen LogP contribution >= 0.6 is 0 Å². The van der Waals surface area contributed by atoms with Crippen LogP contribution in [-0.4, -0.2) is 6.79 Å². The first kappa shape index (κ1) is 13.8. The average Bonchev–Trinajstić information content (AvgIpc) is 2.89. The van der Waals surface area contributed by atoms with Crippen LogP contribution in [0.15, 0.2) is 30.3 Å². The molecule has 1 unspecified atom stereocenters. The quantitative estimate of drug-likeness (QED) is 0.898. The summed E-state index contributed by atoms with van der Waals surface area (Å²) in [4.78, 5) is 0. The summed E-state index contributed by atoms with van der Waals surface area (Å²) < 4.78 is 10.8. The van der Waals surface area contributed by atoms with Crippen LogP contribution in [-0.2, 0) is 0 Å². The van der Waals surface area contributed by atoms with Gasteiger partial charge < -0.3 is 14.8 Å². The molecule has 3 heteroatoms. The van der Waals surface area contributed by atoms with Gasteiger partial charge in [0.2, 0.25) is 6.79 Å². The summed E-state index contributed by atoms with van der Waals surface area (Å²) in [6.45, 7) is 8.90. The maximum absolute atomic E-state index is 5.45. The molecule has 0 saturated heterocycles. The fourth-order valence-electron chi connectivity index (χ4n) is 2.89. The highest BCUT2D eigenvalue weighted by Gasteiger charge is 2.16. The number of hydrogen-bond donors (Lipinski definition) is 1. The van der Waals surface area contributed by atoms with E-state index in [1.165, 1.54) is 27.9 Å². The number of fused-ring (bicyclic) bond motifs is 1. The van der Waals surface area contributed by atoms with Crippen molar-refractivity contribution in [2.75, 3.05) is 12.1 Å². The van der Waals surface area contributed by atoms with E-state index in [4.69, 9.17) is 9.47 Å². The van der Waals surface area contributed by atoms with Crippen LogP contribution in [0.5, 0.6) is 11.5 Å². The molecular formula is C18H21NO2. The minimum atomic E-state index is 0.208. The van der Waals surface area contributed by atoms with Gasteiger partial charge in [-0.3, -0.25) is 0 Å². The van der Waals surface area contributed by atoms with Gasteiger partial charge in [-0.1, -0.05) is 23.8 Å². The molecule has 3 rings (SSSR count). The van der Waals surface area contributed by atoms with Crippen LogP contribution in [0.1, 0.15) is 35.2 Å². The molecule has 1 aliphatic rings. The molecule has 0 radical (unpaired) electrons. The van der Waals surface area contributed by atoms with E-state index in [1.54, 1.807) is 0 Å². The summed E-state index contributed by atoms with van der Waals surface area (Å²) in [5, 5.41) is 3.62. The fourth-order valence-corrected chi connectivity index (χ4v) is 2.89. The number of aryl methyl sites for hydroxylation is 3. The normalized spacial score (nSPS) is 14.1. The highest BCUT2D eigenvalue weighted by atomic mass is 16.7. The molecule has 1 atom stereocenters. The van der Waals surface area contributed by atoms with Gasteiger partial charge in [-0.25, -0.2) is 0 Å². The van der Waals surface area contributed by atoms with Gasteiger partial charge in [-0.05, 0) is 56.5 Å². The molecule has 110 valence electrons. The highest BCUT2D eigenvalue weighted by molar-refractivity contribution is 5.59. The van der Waals surface area contributed by atoms with Gasteiger partial charge in [0.1, 0.15) is 0 Å². The van der Waals surface area contributed by atoms with Crippen molar-refractivity contribution in [1.82, 2.24) is 0 Å². The Kier molecular flexibility index (Phi) is 3.50. The van der Waals surface area contributed by atoms with Crippen molar-refractivity contribution >= 4 is 5.69 Å². The minimum absolute atomic E-state index is 0.208. The Labute approximate surface area is 125 Å². The average molecular weight is 283 g/mol. The molecule has 0 bridgehead atoms. The van der Waals surface area contributed by atoms with Gasteiger partial charge in [0.05, 0.1) is 0 Å². The van der Waals surface area contributed by atoms with Crippen molar-refractivity contribution in [3.8, 4) is 11.5 Å². The van der Waals surface area contributed by atoms with E-state index in [0.29, 0.717) is 6.79 Å². The van der Waals surface area contributed by atoms with Gasteiger partial charge in [0.15, 0.2) is 11.5 Å². The van der Waals surface area contributed by atoms with Crippen LogP contribution in [0.2, 0.25) is 0 Å². The number of nitrogens with one attached hydrogen (secondary N) is 1. The van der Waals surface area contributed by atoms with E-state index < -0.39 is 0 Å². The lowest BCUT2D eigenvalue weighted by Gasteiger charge is -2.20. The zero-order valence-corrected chi connectivity index (χ0v) is 13.0. The van der Waals surface area contributed by atoms with Crippen molar-refractivity contribution in [1.29, 1.82) is 0 Å². The smallest absolute Gasteiger partial charge is 0.231 e. The molecule has 1 N–H and O–H groups in total. The van der Waals surface area contributed by atoms with Crippen LogP contribution in [0, 0.1) is 20.8 Å². The number of anilines is 1. The van der Waals surface area contributed by atoms with Gasteiger partial charge in [0.25, 0.3) is 0 Å². The first-order valence-corrected chi connectivity index (χ1v) is 7.28. The van der Waals surface area contributed by atoms with Crippen molar-refractivity contribution in [2.24, 2.45) is 0 Å². The predicted octanol–water partition coefficient (Wildman–Crippen LogP) is 4.51. The second-order valence-electron chi connectivity index (χ2n) is 5.75. The number of rotatable bonds is 3. The van der Waals surface area contributed by atoms with Crippen molar-refractivity contribution < 1.29 is 9.47 Å². The largest absolute Gasteiger partial charge is 0.454 e. The topological polar surface area (TPSA) is 30.5 Å². The highest BCUT2D eigenvalue weighted by Crippen LogP contribution is 2.35. The van der Waals surface area contributed by atoms with Crippen LogP contribution in [0.4, 0.5) is 5.69 Å². The van der Waals surface area contributed by atoms with Crippen molar-refractivity contribution in [2.45, 2.75) is 33.7 Å². The van der Waals surface area contributed by atoms with Crippen LogP contribution < -0.4 is 14.8 Å². The van der Waals surface area contributed by atoms with E-state index >= 15 is 0 Å². The molecule has 2 aromatic rings. The SMILES string of the molecule is Cc1cc(C)c(NC(C)c2ccc3c(c2)OCO3)c(C)c1. The van der Waals surface area contributed by atoms with Crippen molar-refractivity contribution in [3.05, 3.63) is 52.6 Å². The van der Waals surface area contributed by atoms with Gasteiger partial charge in [-0.15, -0.1) is 0 Å². The minimum Gasteiger partial charge on any atom is -0.454 e. The predicted molar refractivity (Wildman–Crippen MR) is 85.3 cm³/mol. The standard InChI is InChI=1S/C18H21NO2/c1-11-7-12(2)18(13(3)8-11)19-14(4)15-5-6-16-17(9-15)21-10-20-16/h5-9,14,19H,10H2,1-4H3. The van der Waals surface area contributed by atoms with Gasteiger partial charge in [-0.2, -0.15) is 0 Å². The maximum atomic E-state index is 5.45. The number of hydrogen-bond acceptors (Lipinski definition) is 3. The molecule has 2 aromatic carbocycles. The second kappa shape index (κ2) is 5.32. The van der Waals surface area contributed by atoms with E-state index in [9.17, 15) is 0 Å². The molecule has 21 heavy (non-hydrogen) atoms. The molecule has 0 spiro atoms. The summed E-state index contributed by atoms with van der Waals surface area (Å²) in [5.74, 6) is 1.66. The summed E-state index contributed by atoms with van der Waals surface area (Å²) in [7, 11) is 0. The monoisotopic (exact) mass is 283 g/mol. The number of benzene rings is 2. The van der Waals surface area contributed by atoms with Crippen LogP contribution in [0.3, 0.4) is 0 Å². The van der Waals surface area contributed by atoms with Crippen LogP contribution in [0.25, 0.3) is 0 Å². The van der Waals surface area contributed by atoms with Gasteiger partial charge >= 0.3 is 0 Å². The lowest BCUT2D eigenvalue weighted by atomic mass is 10.0. The van der Waals surface area contributed by atoms with E-state index in [1.807, 2.05) is 6.07 Å². The first-order valence-electron chi connectivity index (χ1n) is 7.28. The Morgan fingerprint density at radius 2 is 1.62 bits per heavy atom. The Morgan fingerprint density at radius 1 is 0.952 bits per heavy atom. The lowest BCUT2D eigenvalue weighted by Crippen LogP contribution is -2.09. The Hall–Kier alpha value is -2.16. The molecule has 0 saturated carbocycles. The molecule has 3 nitrogen and oxygen atoms in total. The Bertz CT molecular complexity index is 656.